The van der Waals surface area contributed by atoms with Gasteiger partial charge in [0.15, 0.2) is 0 Å². The monoisotopic (exact) mass is 294 g/mol. The first-order valence-electron chi connectivity index (χ1n) is 9.72. The highest BCUT2D eigenvalue weighted by Gasteiger charge is 2.36. The van der Waals surface area contributed by atoms with E-state index in [-0.39, 0.29) is 0 Å². The number of hydrogen-bond donors (Lipinski definition) is 1. The number of rotatable bonds is 6. The molecule has 1 heterocycles. The van der Waals surface area contributed by atoms with Gasteiger partial charge in [-0.25, -0.2) is 0 Å². The standard InChI is InChI=1S/C19H38N2/c1-4-14-20-17-10-8-7-9-11-18(17)21-15-12-19(5-2,6-3)13-16-21/h17-18,20H,4-16H2,1-3H3. The van der Waals surface area contributed by atoms with E-state index in [1.165, 1.54) is 83.8 Å². The van der Waals surface area contributed by atoms with Gasteiger partial charge in [0.25, 0.3) is 0 Å². The van der Waals surface area contributed by atoms with E-state index in [2.05, 4.69) is 31.0 Å². The molecule has 124 valence electrons. The van der Waals surface area contributed by atoms with Gasteiger partial charge < -0.3 is 5.32 Å². The molecule has 2 unspecified atom stereocenters. The molecule has 0 aromatic rings. The van der Waals surface area contributed by atoms with Gasteiger partial charge in [-0.3, -0.25) is 4.90 Å². The zero-order valence-corrected chi connectivity index (χ0v) is 14.8. The first kappa shape index (κ1) is 17.3. The molecule has 0 radical (unpaired) electrons. The van der Waals surface area contributed by atoms with E-state index < -0.39 is 0 Å². The van der Waals surface area contributed by atoms with Crippen molar-refractivity contribution in [3.63, 3.8) is 0 Å². The van der Waals surface area contributed by atoms with Crippen molar-refractivity contribution in [2.45, 2.75) is 97.1 Å². The molecule has 2 rings (SSSR count). The minimum atomic E-state index is 0.660. The lowest BCUT2D eigenvalue weighted by Gasteiger charge is -2.46. The lowest BCUT2D eigenvalue weighted by atomic mass is 9.73. The van der Waals surface area contributed by atoms with Crippen LogP contribution in [0, 0.1) is 5.41 Å². The average molecular weight is 295 g/mol. The summed E-state index contributed by atoms with van der Waals surface area (Å²) in [5, 5.41) is 3.87. The Morgan fingerprint density at radius 2 is 1.62 bits per heavy atom. The predicted molar refractivity (Wildman–Crippen MR) is 92.8 cm³/mol. The van der Waals surface area contributed by atoms with Crippen molar-refractivity contribution in [2.75, 3.05) is 19.6 Å². The number of hydrogen-bond acceptors (Lipinski definition) is 2. The van der Waals surface area contributed by atoms with E-state index >= 15 is 0 Å². The largest absolute Gasteiger partial charge is 0.312 e. The van der Waals surface area contributed by atoms with Crippen LogP contribution in [0.15, 0.2) is 0 Å². The van der Waals surface area contributed by atoms with Crippen LogP contribution in [0.1, 0.15) is 85.0 Å². The Kier molecular flexibility index (Phi) is 7.01. The Bertz CT molecular complexity index is 275. The smallest absolute Gasteiger partial charge is 0.0249 e. The molecule has 1 saturated heterocycles. The number of nitrogens with zero attached hydrogens (tertiary/aromatic N) is 1. The van der Waals surface area contributed by atoms with E-state index in [0.717, 1.165) is 12.1 Å². The molecule has 2 nitrogen and oxygen atoms in total. The van der Waals surface area contributed by atoms with E-state index in [9.17, 15) is 0 Å². The lowest BCUT2D eigenvalue weighted by Crippen LogP contribution is -2.53. The van der Waals surface area contributed by atoms with Gasteiger partial charge >= 0.3 is 0 Å². The van der Waals surface area contributed by atoms with Crippen LogP contribution < -0.4 is 5.32 Å². The number of nitrogens with one attached hydrogen (secondary N) is 1. The topological polar surface area (TPSA) is 15.3 Å². The van der Waals surface area contributed by atoms with Crippen molar-refractivity contribution in [3.8, 4) is 0 Å². The molecular weight excluding hydrogens is 256 g/mol. The highest BCUT2D eigenvalue weighted by Crippen LogP contribution is 2.39. The average Bonchev–Trinajstić information content (AvgIpc) is 2.78. The van der Waals surface area contributed by atoms with Crippen molar-refractivity contribution in [1.29, 1.82) is 0 Å². The van der Waals surface area contributed by atoms with Crippen molar-refractivity contribution in [3.05, 3.63) is 0 Å². The van der Waals surface area contributed by atoms with Crippen LogP contribution in [0.5, 0.6) is 0 Å². The maximum Gasteiger partial charge on any atom is 0.0249 e. The van der Waals surface area contributed by atoms with Crippen LogP contribution in [0.25, 0.3) is 0 Å². The second-order valence-corrected chi connectivity index (χ2v) is 7.51. The molecule has 2 aliphatic rings. The Hall–Kier alpha value is -0.0800. The summed E-state index contributed by atoms with van der Waals surface area (Å²) in [6.07, 6.45) is 14.0. The summed E-state index contributed by atoms with van der Waals surface area (Å²) < 4.78 is 0. The number of likely N-dealkylation sites (tertiary alicyclic amines) is 1. The van der Waals surface area contributed by atoms with E-state index in [1.807, 2.05) is 0 Å². The molecule has 0 aromatic carbocycles. The third kappa shape index (κ3) is 4.45. The van der Waals surface area contributed by atoms with Crippen LogP contribution in [-0.2, 0) is 0 Å². The van der Waals surface area contributed by atoms with Crippen molar-refractivity contribution in [1.82, 2.24) is 10.2 Å². The first-order valence-corrected chi connectivity index (χ1v) is 9.72. The predicted octanol–water partition coefficient (Wildman–Crippen LogP) is 4.59. The Labute approximate surface area is 133 Å². The Morgan fingerprint density at radius 3 is 2.24 bits per heavy atom. The molecular formula is C19H38N2. The molecule has 2 heteroatoms. The second kappa shape index (κ2) is 8.53. The highest BCUT2D eigenvalue weighted by atomic mass is 15.2. The number of piperidine rings is 1. The summed E-state index contributed by atoms with van der Waals surface area (Å²) in [4.78, 5) is 2.85. The summed E-state index contributed by atoms with van der Waals surface area (Å²) in [5.41, 5.74) is 0.660. The van der Waals surface area contributed by atoms with E-state index in [4.69, 9.17) is 0 Å². The second-order valence-electron chi connectivity index (χ2n) is 7.51. The van der Waals surface area contributed by atoms with E-state index in [1.54, 1.807) is 0 Å². The molecule has 0 aromatic heterocycles. The van der Waals surface area contributed by atoms with Gasteiger partial charge in [0.2, 0.25) is 0 Å². The van der Waals surface area contributed by atoms with E-state index in [0.29, 0.717) is 5.41 Å². The van der Waals surface area contributed by atoms with Crippen LogP contribution in [-0.4, -0.2) is 36.6 Å². The fourth-order valence-corrected chi connectivity index (χ4v) is 4.58. The van der Waals surface area contributed by atoms with Gasteiger partial charge in [-0.15, -0.1) is 0 Å². The summed E-state index contributed by atoms with van der Waals surface area (Å²) in [5.74, 6) is 0. The zero-order valence-electron chi connectivity index (χ0n) is 14.8. The maximum absolute atomic E-state index is 3.87. The fraction of sp³-hybridized carbons (Fsp3) is 1.00. The molecule has 2 atom stereocenters. The SMILES string of the molecule is CCCNC1CCCCCC1N1CCC(CC)(CC)CC1. The molecule has 1 aliphatic carbocycles. The van der Waals surface area contributed by atoms with Gasteiger partial charge in [0.1, 0.15) is 0 Å². The van der Waals surface area contributed by atoms with Crippen molar-refractivity contribution < 1.29 is 0 Å². The van der Waals surface area contributed by atoms with Crippen molar-refractivity contribution >= 4 is 0 Å². The lowest BCUT2D eigenvalue weighted by molar-refractivity contribution is 0.0498. The highest BCUT2D eigenvalue weighted by molar-refractivity contribution is 4.92. The van der Waals surface area contributed by atoms with Crippen LogP contribution in [0.2, 0.25) is 0 Å². The van der Waals surface area contributed by atoms with Gasteiger partial charge in [0.05, 0.1) is 0 Å². The normalized spacial score (nSPS) is 31.0. The van der Waals surface area contributed by atoms with Crippen LogP contribution in [0.4, 0.5) is 0 Å². The molecule has 0 amide bonds. The minimum absolute atomic E-state index is 0.660. The van der Waals surface area contributed by atoms with Gasteiger partial charge in [-0.05, 0) is 57.2 Å². The molecule has 1 saturated carbocycles. The molecule has 0 spiro atoms. The first-order chi connectivity index (χ1) is 10.2. The molecule has 21 heavy (non-hydrogen) atoms. The van der Waals surface area contributed by atoms with Crippen LogP contribution in [0.3, 0.4) is 0 Å². The Balaban J connectivity index is 1.94. The summed E-state index contributed by atoms with van der Waals surface area (Å²) in [6.45, 7) is 11.0. The quantitative estimate of drug-likeness (QED) is 0.721. The van der Waals surface area contributed by atoms with Crippen LogP contribution >= 0.6 is 0 Å². The minimum Gasteiger partial charge on any atom is -0.312 e. The Morgan fingerprint density at radius 1 is 0.952 bits per heavy atom. The third-order valence-corrected chi connectivity index (χ3v) is 6.46. The maximum atomic E-state index is 3.87. The molecule has 2 fully saturated rings. The summed E-state index contributed by atoms with van der Waals surface area (Å²) >= 11 is 0. The molecule has 0 bridgehead atoms. The van der Waals surface area contributed by atoms with Gasteiger partial charge in [0, 0.05) is 12.1 Å². The fourth-order valence-electron chi connectivity index (χ4n) is 4.58. The van der Waals surface area contributed by atoms with Gasteiger partial charge in [-0.2, -0.15) is 0 Å². The van der Waals surface area contributed by atoms with Gasteiger partial charge in [-0.1, -0.05) is 52.9 Å². The third-order valence-electron chi connectivity index (χ3n) is 6.46. The van der Waals surface area contributed by atoms with Crippen molar-refractivity contribution in [2.24, 2.45) is 5.41 Å². The summed E-state index contributed by atoms with van der Waals surface area (Å²) in [6, 6.07) is 1.56. The molecule has 1 N–H and O–H groups in total. The summed E-state index contributed by atoms with van der Waals surface area (Å²) in [7, 11) is 0. The molecule has 1 aliphatic heterocycles. The zero-order chi connectivity index (χ0) is 15.1.